The van der Waals surface area contributed by atoms with Crippen molar-refractivity contribution in [3.8, 4) is 0 Å². The number of ether oxygens (including phenoxy) is 1. The van der Waals surface area contributed by atoms with Gasteiger partial charge in [0.25, 0.3) is 0 Å². The van der Waals surface area contributed by atoms with E-state index in [1.54, 1.807) is 6.20 Å². The highest BCUT2D eigenvalue weighted by Crippen LogP contribution is 2.10. The van der Waals surface area contributed by atoms with Crippen LogP contribution >= 0.6 is 0 Å². The van der Waals surface area contributed by atoms with Crippen molar-refractivity contribution in [3.63, 3.8) is 0 Å². The second kappa shape index (κ2) is 4.96. The standard InChI is InChI=1S/C11H18N2O/c1-8(2)9(3)14-7-10-4-5-13-11(12)6-10/h4-6,8-9H,7H2,1-3H3,(H2,12,13). The highest BCUT2D eigenvalue weighted by atomic mass is 16.5. The van der Waals surface area contributed by atoms with Gasteiger partial charge in [0.05, 0.1) is 12.7 Å². The summed E-state index contributed by atoms with van der Waals surface area (Å²) in [5, 5.41) is 0. The predicted molar refractivity (Wildman–Crippen MR) is 57.7 cm³/mol. The predicted octanol–water partition coefficient (Wildman–Crippen LogP) is 2.22. The SMILES string of the molecule is CC(C)C(C)OCc1ccnc(N)c1. The number of hydrogen-bond donors (Lipinski definition) is 1. The van der Waals surface area contributed by atoms with Crippen LogP contribution in [0, 0.1) is 5.92 Å². The molecule has 1 unspecified atom stereocenters. The molecule has 0 saturated heterocycles. The third-order valence-corrected chi connectivity index (χ3v) is 2.30. The fraction of sp³-hybridized carbons (Fsp3) is 0.545. The number of rotatable bonds is 4. The molecule has 1 heterocycles. The number of hydrogen-bond acceptors (Lipinski definition) is 3. The number of anilines is 1. The molecule has 0 amide bonds. The Morgan fingerprint density at radius 2 is 2.14 bits per heavy atom. The van der Waals surface area contributed by atoms with E-state index in [9.17, 15) is 0 Å². The molecule has 3 nitrogen and oxygen atoms in total. The molecule has 1 atom stereocenters. The molecule has 2 N–H and O–H groups in total. The van der Waals surface area contributed by atoms with Gasteiger partial charge in [-0.25, -0.2) is 4.98 Å². The highest BCUT2D eigenvalue weighted by Gasteiger charge is 2.06. The minimum Gasteiger partial charge on any atom is -0.384 e. The van der Waals surface area contributed by atoms with Crippen LogP contribution in [0.4, 0.5) is 5.82 Å². The van der Waals surface area contributed by atoms with Gasteiger partial charge in [-0.1, -0.05) is 13.8 Å². The van der Waals surface area contributed by atoms with Crippen LogP contribution in [0.3, 0.4) is 0 Å². The average molecular weight is 194 g/mol. The topological polar surface area (TPSA) is 48.1 Å². The first-order chi connectivity index (χ1) is 6.59. The molecular formula is C11H18N2O. The van der Waals surface area contributed by atoms with Gasteiger partial charge in [-0.15, -0.1) is 0 Å². The normalized spacial score (nSPS) is 13.1. The van der Waals surface area contributed by atoms with Gasteiger partial charge in [0, 0.05) is 6.20 Å². The molecule has 0 aromatic carbocycles. The lowest BCUT2D eigenvalue weighted by atomic mass is 10.1. The van der Waals surface area contributed by atoms with Crippen LogP contribution < -0.4 is 5.73 Å². The second-order valence-corrected chi connectivity index (χ2v) is 3.85. The maximum Gasteiger partial charge on any atom is 0.123 e. The number of nitrogens with two attached hydrogens (primary N) is 1. The summed E-state index contributed by atoms with van der Waals surface area (Å²) in [6, 6.07) is 3.76. The van der Waals surface area contributed by atoms with Crippen molar-refractivity contribution >= 4 is 5.82 Å². The van der Waals surface area contributed by atoms with Crippen molar-refractivity contribution in [2.45, 2.75) is 33.5 Å². The number of nitrogens with zero attached hydrogens (tertiary/aromatic N) is 1. The number of nitrogen functional groups attached to an aromatic ring is 1. The van der Waals surface area contributed by atoms with Gasteiger partial charge < -0.3 is 10.5 Å². The quantitative estimate of drug-likeness (QED) is 0.799. The molecular weight excluding hydrogens is 176 g/mol. The molecule has 0 fully saturated rings. The minimum atomic E-state index is 0.268. The molecule has 0 aliphatic rings. The largest absolute Gasteiger partial charge is 0.384 e. The van der Waals surface area contributed by atoms with Crippen molar-refractivity contribution in [2.75, 3.05) is 5.73 Å². The average Bonchev–Trinajstić information content (AvgIpc) is 2.14. The van der Waals surface area contributed by atoms with Crippen LogP contribution in [-0.2, 0) is 11.3 Å². The third-order valence-electron chi connectivity index (χ3n) is 2.30. The lowest BCUT2D eigenvalue weighted by Gasteiger charge is -2.16. The molecule has 1 aromatic rings. The van der Waals surface area contributed by atoms with Crippen LogP contribution in [0.1, 0.15) is 26.3 Å². The van der Waals surface area contributed by atoms with Gasteiger partial charge in [0.15, 0.2) is 0 Å². The Morgan fingerprint density at radius 3 is 2.71 bits per heavy atom. The minimum absolute atomic E-state index is 0.268. The fourth-order valence-electron chi connectivity index (χ4n) is 1.00. The first-order valence-electron chi connectivity index (χ1n) is 4.91. The summed E-state index contributed by atoms with van der Waals surface area (Å²) in [6.45, 7) is 6.97. The van der Waals surface area contributed by atoms with Gasteiger partial charge in [-0.05, 0) is 30.5 Å². The van der Waals surface area contributed by atoms with Crippen molar-refractivity contribution in [1.82, 2.24) is 4.98 Å². The van der Waals surface area contributed by atoms with E-state index in [4.69, 9.17) is 10.5 Å². The van der Waals surface area contributed by atoms with E-state index in [1.165, 1.54) is 0 Å². The molecule has 0 spiro atoms. The molecule has 78 valence electrons. The smallest absolute Gasteiger partial charge is 0.123 e. The van der Waals surface area contributed by atoms with E-state index in [0.717, 1.165) is 5.56 Å². The van der Waals surface area contributed by atoms with Gasteiger partial charge in [0.1, 0.15) is 5.82 Å². The Bertz CT molecular complexity index is 286. The molecule has 1 rings (SSSR count). The lowest BCUT2D eigenvalue weighted by Crippen LogP contribution is -2.15. The molecule has 0 saturated carbocycles. The summed E-state index contributed by atoms with van der Waals surface area (Å²) in [6.07, 6.45) is 1.97. The summed E-state index contributed by atoms with van der Waals surface area (Å²) in [7, 11) is 0. The van der Waals surface area contributed by atoms with Crippen molar-refractivity contribution in [1.29, 1.82) is 0 Å². The molecule has 0 radical (unpaired) electrons. The zero-order chi connectivity index (χ0) is 10.6. The van der Waals surface area contributed by atoms with Crippen molar-refractivity contribution in [2.24, 2.45) is 5.92 Å². The first-order valence-corrected chi connectivity index (χ1v) is 4.91. The van der Waals surface area contributed by atoms with Crippen LogP contribution in [0.2, 0.25) is 0 Å². The molecule has 0 aliphatic heterocycles. The van der Waals surface area contributed by atoms with E-state index in [2.05, 4.69) is 25.8 Å². The Hall–Kier alpha value is -1.09. The summed E-state index contributed by atoms with van der Waals surface area (Å²) < 4.78 is 5.66. The summed E-state index contributed by atoms with van der Waals surface area (Å²) >= 11 is 0. The maximum absolute atomic E-state index is 5.66. The van der Waals surface area contributed by atoms with Crippen LogP contribution in [0.15, 0.2) is 18.3 Å². The van der Waals surface area contributed by atoms with E-state index < -0.39 is 0 Å². The van der Waals surface area contributed by atoms with E-state index in [0.29, 0.717) is 18.3 Å². The Labute approximate surface area is 85.3 Å². The Morgan fingerprint density at radius 1 is 1.43 bits per heavy atom. The molecule has 0 bridgehead atoms. The van der Waals surface area contributed by atoms with Crippen molar-refractivity contribution in [3.05, 3.63) is 23.9 Å². The molecule has 0 aliphatic carbocycles. The molecule has 14 heavy (non-hydrogen) atoms. The second-order valence-electron chi connectivity index (χ2n) is 3.85. The summed E-state index contributed by atoms with van der Waals surface area (Å²) in [5.41, 5.74) is 6.63. The molecule has 1 aromatic heterocycles. The maximum atomic E-state index is 5.66. The first kappa shape index (κ1) is 11.0. The number of pyridine rings is 1. The monoisotopic (exact) mass is 194 g/mol. The van der Waals surface area contributed by atoms with E-state index in [-0.39, 0.29) is 6.10 Å². The van der Waals surface area contributed by atoms with Crippen LogP contribution in [0.5, 0.6) is 0 Å². The Balaban J connectivity index is 2.45. The fourth-order valence-corrected chi connectivity index (χ4v) is 1.00. The third kappa shape index (κ3) is 3.34. The zero-order valence-electron chi connectivity index (χ0n) is 9.03. The summed E-state index contributed by atoms with van der Waals surface area (Å²) in [4.78, 5) is 3.92. The summed E-state index contributed by atoms with van der Waals surface area (Å²) in [5.74, 6) is 1.08. The van der Waals surface area contributed by atoms with Gasteiger partial charge in [-0.2, -0.15) is 0 Å². The van der Waals surface area contributed by atoms with E-state index >= 15 is 0 Å². The van der Waals surface area contributed by atoms with Crippen LogP contribution in [0.25, 0.3) is 0 Å². The molecule has 3 heteroatoms. The van der Waals surface area contributed by atoms with Gasteiger partial charge in [-0.3, -0.25) is 0 Å². The lowest BCUT2D eigenvalue weighted by molar-refractivity contribution is 0.0235. The van der Waals surface area contributed by atoms with Gasteiger partial charge in [0.2, 0.25) is 0 Å². The van der Waals surface area contributed by atoms with Gasteiger partial charge >= 0.3 is 0 Å². The zero-order valence-corrected chi connectivity index (χ0v) is 9.03. The number of aromatic nitrogens is 1. The van der Waals surface area contributed by atoms with Crippen LogP contribution in [-0.4, -0.2) is 11.1 Å². The van der Waals surface area contributed by atoms with Crippen molar-refractivity contribution < 1.29 is 4.74 Å². The van der Waals surface area contributed by atoms with E-state index in [1.807, 2.05) is 12.1 Å². The Kier molecular flexibility index (Phi) is 3.89. The highest BCUT2D eigenvalue weighted by molar-refractivity contribution is 5.31.